The van der Waals surface area contributed by atoms with Crippen molar-refractivity contribution in [2.75, 3.05) is 0 Å². The van der Waals surface area contributed by atoms with Gasteiger partial charge in [-0.15, -0.1) is 0 Å². The molecule has 0 amide bonds. The van der Waals surface area contributed by atoms with Crippen molar-refractivity contribution in [3.05, 3.63) is 47.8 Å². The zero-order valence-corrected chi connectivity index (χ0v) is 8.30. The highest BCUT2D eigenvalue weighted by molar-refractivity contribution is 5.23. The molecule has 2 rings (SSSR count). The van der Waals surface area contributed by atoms with Crippen molar-refractivity contribution in [3.63, 3.8) is 0 Å². The predicted octanol–water partition coefficient (Wildman–Crippen LogP) is 4.04. The third-order valence-corrected chi connectivity index (χ3v) is 3.04. The molecule has 1 aliphatic carbocycles. The van der Waals surface area contributed by atoms with Gasteiger partial charge in [0.15, 0.2) is 0 Å². The Bertz CT molecular complexity index is 331. The van der Waals surface area contributed by atoms with Crippen molar-refractivity contribution >= 4 is 0 Å². The van der Waals surface area contributed by atoms with Gasteiger partial charge in [-0.25, -0.2) is 4.39 Å². The van der Waals surface area contributed by atoms with E-state index in [1.54, 1.807) is 12.1 Å². The number of halogens is 1. The first-order valence-corrected chi connectivity index (χ1v) is 5.18. The molecular weight excluding hydrogens is 175 g/mol. The molecule has 0 radical (unpaired) electrons. The van der Waals surface area contributed by atoms with Gasteiger partial charge < -0.3 is 0 Å². The van der Waals surface area contributed by atoms with E-state index in [0.29, 0.717) is 5.92 Å². The van der Waals surface area contributed by atoms with Crippen molar-refractivity contribution in [1.82, 2.24) is 0 Å². The lowest BCUT2D eigenvalue weighted by Gasteiger charge is -2.23. The highest BCUT2D eigenvalue weighted by Gasteiger charge is 2.19. The van der Waals surface area contributed by atoms with Crippen molar-refractivity contribution in [3.8, 4) is 0 Å². The number of allylic oxidation sites excluding steroid dienone is 1. The summed E-state index contributed by atoms with van der Waals surface area (Å²) in [6.07, 6.45) is 4.22. The molecule has 0 bridgehead atoms. The average Bonchev–Trinajstić information content (AvgIpc) is 2.20. The number of hydrogen-bond donors (Lipinski definition) is 0. The van der Waals surface area contributed by atoms with Gasteiger partial charge in [-0.05, 0) is 43.2 Å². The highest BCUT2D eigenvalue weighted by Crippen LogP contribution is 2.35. The molecule has 74 valence electrons. The zero-order valence-electron chi connectivity index (χ0n) is 8.30. The van der Waals surface area contributed by atoms with E-state index in [4.69, 9.17) is 0 Å². The molecule has 1 heteroatoms. The average molecular weight is 190 g/mol. The normalized spacial score (nSPS) is 18.5. The monoisotopic (exact) mass is 190 g/mol. The molecule has 14 heavy (non-hydrogen) atoms. The Labute approximate surface area is 84.5 Å². The number of benzene rings is 1. The lowest BCUT2D eigenvalue weighted by atomic mass is 9.82. The van der Waals surface area contributed by atoms with Crippen LogP contribution in [0, 0.1) is 5.82 Å². The Balaban J connectivity index is 2.16. The second-order valence-electron chi connectivity index (χ2n) is 4.05. The SMILES string of the molecule is C=C1CCC(c2ccccc2F)CC1. The van der Waals surface area contributed by atoms with Crippen LogP contribution in [0.2, 0.25) is 0 Å². The summed E-state index contributed by atoms with van der Waals surface area (Å²) >= 11 is 0. The molecule has 1 aliphatic rings. The summed E-state index contributed by atoms with van der Waals surface area (Å²) < 4.78 is 13.4. The van der Waals surface area contributed by atoms with Crippen LogP contribution in [0.4, 0.5) is 4.39 Å². The van der Waals surface area contributed by atoms with Gasteiger partial charge in [0.2, 0.25) is 0 Å². The first kappa shape index (κ1) is 9.45. The van der Waals surface area contributed by atoms with Crippen LogP contribution >= 0.6 is 0 Å². The first-order valence-electron chi connectivity index (χ1n) is 5.18. The summed E-state index contributed by atoms with van der Waals surface area (Å²) in [5.41, 5.74) is 2.21. The summed E-state index contributed by atoms with van der Waals surface area (Å²) in [5.74, 6) is 0.353. The van der Waals surface area contributed by atoms with E-state index in [9.17, 15) is 4.39 Å². The van der Waals surface area contributed by atoms with Crippen molar-refractivity contribution < 1.29 is 4.39 Å². The molecule has 1 aromatic carbocycles. The lowest BCUT2D eigenvalue weighted by molar-refractivity contribution is 0.490. The molecule has 0 saturated heterocycles. The van der Waals surface area contributed by atoms with E-state index in [-0.39, 0.29) is 5.82 Å². The summed E-state index contributed by atoms with van der Waals surface area (Å²) in [6, 6.07) is 7.13. The van der Waals surface area contributed by atoms with Crippen LogP contribution in [0.3, 0.4) is 0 Å². The number of hydrogen-bond acceptors (Lipinski definition) is 0. The van der Waals surface area contributed by atoms with E-state index >= 15 is 0 Å². The molecule has 0 heterocycles. The molecule has 0 N–H and O–H groups in total. The highest BCUT2D eigenvalue weighted by atomic mass is 19.1. The Kier molecular flexibility index (Phi) is 2.67. The molecule has 1 fully saturated rings. The van der Waals surface area contributed by atoms with Gasteiger partial charge in [0, 0.05) is 0 Å². The second-order valence-corrected chi connectivity index (χ2v) is 4.05. The van der Waals surface area contributed by atoms with Crippen molar-refractivity contribution in [2.24, 2.45) is 0 Å². The maximum absolute atomic E-state index is 13.4. The maximum atomic E-state index is 13.4. The van der Waals surface area contributed by atoms with Crippen LogP contribution in [-0.2, 0) is 0 Å². The lowest BCUT2D eigenvalue weighted by Crippen LogP contribution is -2.07. The van der Waals surface area contributed by atoms with Crippen LogP contribution in [-0.4, -0.2) is 0 Å². The van der Waals surface area contributed by atoms with Crippen molar-refractivity contribution in [2.45, 2.75) is 31.6 Å². The minimum Gasteiger partial charge on any atom is -0.207 e. The van der Waals surface area contributed by atoms with Crippen LogP contribution < -0.4 is 0 Å². The van der Waals surface area contributed by atoms with E-state index in [0.717, 1.165) is 31.2 Å². The van der Waals surface area contributed by atoms with E-state index in [2.05, 4.69) is 6.58 Å². The van der Waals surface area contributed by atoms with Gasteiger partial charge in [0.05, 0.1) is 0 Å². The van der Waals surface area contributed by atoms with Gasteiger partial charge in [0.1, 0.15) is 5.82 Å². The zero-order chi connectivity index (χ0) is 9.97. The topological polar surface area (TPSA) is 0 Å². The minimum atomic E-state index is -0.0509. The smallest absolute Gasteiger partial charge is 0.126 e. The van der Waals surface area contributed by atoms with Gasteiger partial charge in [-0.1, -0.05) is 30.4 Å². The Hall–Kier alpha value is -1.11. The second kappa shape index (κ2) is 3.95. The van der Waals surface area contributed by atoms with E-state index in [1.165, 1.54) is 5.57 Å². The quantitative estimate of drug-likeness (QED) is 0.586. The molecular formula is C13H15F. The Morgan fingerprint density at radius 3 is 2.43 bits per heavy atom. The van der Waals surface area contributed by atoms with Gasteiger partial charge in [-0.3, -0.25) is 0 Å². The number of rotatable bonds is 1. The molecule has 0 aromatic heterocycles. The predicted molar refractivity (Wildman–Crippen MR) is 56.7 cm³/mol. The van der Waals surface area contributed by atoms with Crippen molar-refractivity contribution in [1.29, 1.82) is 0 Å². The van der Waals surface area contributed by atoms with Gasteiger partial charge in [-0.2, -0.15) is 0 Å². The fraction of sp³-hybridized carbons (Fsp3) is 0.385. The summed E-state index contributed by atoms with van der Waals surface area (Å²) in [5, 5.41) is 0. The van der Waals surface area contributed by atoms with Crippen LogP contribution in [0.1, 0.15) is 37.2 Å². The molecule has 0 spiro atoms. The van der Waals surface area contributed by atoms with Crippen LogP contribution in [0.5, 0.6) is 0 Å². The standard InChI is InChI=1S/C13H15F/c1-10-6-8-11(9-7-10)12-4-2-3-5-13(12)14/h2-5,11H,1,6-9H2. The minimum absolute atomic E-state index is 0.0509. The van der Waals surface area contributed by atoms with E-state index < -0.39 is 0 Å². The molecule has 1 saturated carbocycles. The molecule has 0 aliphatic heterocycles. The third kappa shape index (κ3) is 1.87. The largest absolute Gasteiger partial charge is 0.207 e. The maximum Gasteiger partial charge on any atom is 0.126 e. The van der Waals surface area contributed by atoms with Gasteiger partial charge in [0.25, 0.3) is 0 Å². The molecule has 0 nitrogen and oxygen atoms in total. The summed E-state index contributed by atoms with van der Waals surface area (Å²) in [6.45, 7) is 3.97. The molecule has 0 unspecified atom stereocenters. The summed E-state index contributed by atoms with van der Waals surface area (Å²) in [7, 11) is 0. The van der Waals surface area contributed by atoms with E-state index in [1.807, 2.05) is 12.1 Å². The molecule has 0 atom stereocenters. The van der Waals surface area contributed by atoms with Crippen LogP contribution in [0.25, 0.3) is 0 Å². The Morgan fingerprint density at radius 2 is 1.79 bits per heavy atom. The first-order chi connectivity index (χ1) is 6.77. The van der Waals surface area contributed by atoms with Crippen LogP contribution in [0.15, 0.2) is 36.4 Å². The summed E-state index contributed by atoms with van der Waals surface area (Å²) in [4.78, 5) is 0. The molecule has 1 aromatic rings. The van der Waals surface area contributed by atoms with Gasteiger partial charge >= 0.3 is 0 Å². The fourth-order valence-electron chi connectivity index (χ4n) is 2.14. The Morgan fingerprint density at radius 1 is 1.14 bits per heavy atom. The fourth-order valence-corrected chi connectivity index (χ4v) is 2.14. The third-order valence-electron chi connectivity index (χ3n) is 3.04.